The first-order chi connectivity index (χ1) is 8.63. The number of rotatable bonds is 7. The van der Waals surface area contributed by atoms with Crippen LogP contribution in [-0.2, 0) is 4.79 Å². The van der Waals surface area contributed by atoms with Gasteiger partial charge in [0.2, 0.25) is 5.91 Å². The van der Waals surface area contributed by atoms with Crippen molar-refractivity contribution < 1.29 is 4.79 Å². The highest BCUT2D eigenvalue weighted by molar-refractivity contribution is 7.99. The molecule has 1 aromatic carbocycles. The van der Waals surface area contributed by atoms with Gasteiger partial charge in [0.15, 0.2) is 0 Å². The molecule has 0 atom stereocenters. The molecule has 0 saturated carbocycles. The Labute approximate surface area is 115 Å². The van der Waals surface area contributed by atoms with E-state index < -0.39 is 0 Å². The molecule has 2 nitrogen and oxygen atoms in total. The largest absolute Gasteiger partial charge is 0.326 e. The Balaban J connectivity index is 2.49. The molecule has 0 aliphatic carbocycles. The van der Waals surface area contributed by atoms with Crippen LogP contribution >= 0.6 is 11.8 Å². The zero-order chi connectivity index (χ0) is 13.4. The first-order valence-electron chi connectivity index (χ1n) is 6.67. The Kier molecular flexibility index (Phi) is 6.88. The van der Waals surface area contributed by atoms with Gasteiger partial charge in [0.1, 0.15) is 0 Å². The molecular formula is C15H23NOS. The Morgan fingerprint density at radius 3 is 2.78 bits per heavy atom. The third-order valence-corrected chi connectivity index (χ3v) is 3.72. The molecule has 0 aliphatic heterocycles. The molecule has 0 bridgehead atoms. The monoisotopic (exact) mass is 265 g/mol. The lowest BCUT2D eigenvalue weighted by atomic mass is 10.2. The molecule has 0 aromatic heterocycles. The SMILES string of the molecule is CCCCCSc1cccc(NC(=O)C(C)C)c1. The van der Waals surface area contributed by atoms with Gasteiger partial charge in [-0.25, -0.2) is 0 Å². The van der Waals surface area contributed by atoms with Gasteiger partial charge in [-0.15, -0.1) is 11.8 Å². The predicted molar refractivity (Wildman–Crippen MR) is 80.2 cm³/mol. The number of carbonyl (C=O) groups excluding carboxylic acids is 1. The summed E-state index contributed by atoms with van der Waals surface area (Å²) in [6, 6.07) is 8.09. The van der Waals surface area contributed by atoms with E-state index in [2.05, 4.69) is 24.4 Å². The summed E-state index contributed by atoms with van der Waals surface area (Å²) in [5.41, 5.74) is 0.897. The van der Waals surface area contributed by atoms with Crippen molar-refractivity contribution in [2.75, 3.05) is 11.1 Å². The molecule has 1 rings (SSSR count). The molecule has 0 saturated heterocycles. The molecule has 0 spiro atoms. The maximum absolute atomic E-state index is 11.6. The highest BCUT2D eigenvalue weighted by Gasteiger charge is 2.07. The average Bonchev–Trinajstić information content (AvgIpc) is 2.35. The maximum Gasteiger partial charge on any atom is 0.226 e. The summed E-state index contributed by atoms with van der Waals surface area (Å²) in [4.78, 5) is 12.8. The van der Waals surface area contributed by atoms with Gasteiger partial charge in [-0.2, -0.15) is 0 Å². The minimum atomic E-state index is 0.0193. The summed E-state index contributed by atoms with van der Waals surface area (Å²) in [7, 11) is 0. The number of hydrogen-bond donors (Lipinski definition) is 1. The summed E-state index contributed by atoms with van der Waals surface area (Å²) in [5, 5.41) is 2.93. The summed E-state index contributed by atoms with van der Waals surface area (Å²) >= 11 is 1.86. The minimum Gasteiger partial charge on any atom is -0.326 e. The number of nitrogens with one attached hydrogen (secondary N) is 1. The van der Waals surface area contributed by atoms with E-state index in [4.69, 9.17) is 0 Å². The van der Waals surface area contributed by atoms with Gasteiger partial charge in [-0.1, -0.05) is 39.7 Å². The number of hydrogen-bond acceptors (Lipinski definition) is 2. The van der Waals surface area contributed by atoms with Crippen molar-refractivity contribution in [3.05, 3.63) is 24.3 Å². The van der Waals surface area contributed by atoms with Gasteiger partial charge in [0.05, 0.1) is 0 Å². The lowest BCUT2D eigenvalue weighted by Crippen LogP contribution is -2.17. The fourth-order valence-corrected chi connectivity index (χ4v) is 2.46. The third-order valence-electron chi connectivity index (χ3n) is 2.64. The molecule has 1 N–H and O–H groups in total. The average molecular weight is 265 g/mol. The van der Waals surface area contributed by atoms with Crippen LogP contribution in [-0.4, -0.2) is 11.7 Å². The van der Waals surface area contributed by atoms with E-state index in [1.807, 2.05) is 37.7 Å². The number of anilines is 1. The van der Waals surface area contributed by atoms with Crippen LogP contribution in [0.5, 0.6) is 0 Å². The second-order valence-electron chi connectivity index (χ2n) is 4.73. The smallest absolute Gasteiger partial charge is 0.226 e. The van der Waals surface area contributed by atoms with Crippen LogP contribution in [0.1, 0.15) is 40.0 Å². The molecule has 3 heteroatoms. The number of benzene rings is 1. The van der Waals surface area contributed by atoms with Gasteiger partial charge in [-0.3, -0.25) is 4.79 Å². The third kappa shape index (κ3) is 5.58. The Morgan fingerprint density at radius 1 is 1.33 bits per heavy atom. The number of unbranched alkanes of at least 4 members (excludes halogenated alkanes) is 2. The highest BCUT2D eigenvalue weighted by Crippen LogP contribution is 2.23. The first kappa shape index (κ1) is 15.1. The van der Waals surface area contributed by atoms with Crippen LogP contribution in [0.4, 0.5) is 5.69 Å². The quantitative estimate of drug-likeness (QED) is 0.578. The Morgan fingerprint density at radius 2 is 2.11 bits per heavy atom. The molecule has 18 heavy (non-hydrogen) atoms. The summed E-state index contributed by atoms with van der Waals surface area (Å²) in [5.74, 6) is 1.24. The van der Waals surface area contributed by atoms with Crippen molar-refractivity contribution >= 4 is 23.4 Å². The molecule has 0 heterocycles. The Bertz CT molecular complexity index is 377. The number of thioether (sulfide) groups is 1. The van der Waals surface area contributed by atoms with Crippen molar-refractivity contribution in [2.24, 2.45) is 5.92 Å². The van der Waals surface area contributed by atoms with Gasteiger partial charge in [0, 0.05) is 16.5 Å². The summed E-state index contributed by atoms with van der Waals surface area (Å²) in [6.07, 6.45) is 3.80. The van der Waals surface area contributed by atoms with Crippen LogP contribution in [0.15, 0.2) is 29.2 Å². The molecule has 0 unspecified atom stereocenters. The Hall–Kier alpha value is -0.960. The van der Waals surface area contributed by atoms with Crippen LogP contribution in [0.25, 0.3) is 0 Å². The second kappa shape index (κ2) is 8.20. The van der Waals surface area contributed by atoms with Gasteiger partial charge in [0.25, 0.3) is 0 Å². The fourth-order valence-electron chi connectivity index (χ4n) is 1.49. The molecular weight excluding hydrogens is 242 g/mol. The number of carbonyl (C=O) groups is 1. The van der Waals surface area contributed by atoms with E-state index in [1.54, 1.807) is 0 Å². The van der Waals surface area contributed by atoms with Crippen molar-refractivity contribution in [3.63, 3.8) is 0 Å². The predicted octanol–water partition coefficient (Wildman–Crippen LogP) is 4.56. The molecule has 0 fully saturated rings. The lowest BCUT2D eigenvalue weighted by molar-refractivity contribution is -0.118. The zero-order valence-corrected chi connectivity index (χ0v) is 12.3. The minimum absolute atomic E-state index is 0.0193. The van der Waals surface area contributed by atoms with Crippen molar-refractivity contribution in [2.45, 2.75) is 44.9 Å². The molecule has 100 valence electrons. The fraction of sp³-hybridized carbons (Fsp3) is 0.533. The van der Waals surface area contributed by atoms with Crippen LogP contribution in [0.3, 0.4) is 0 Å². The summed E-state index contributed by atoms with van der Waals surface area (Å²) < 4.78 is 0. The van der Waals surface area contributed by atoms with Crippen molar-refractivity contribution in [1.82, 2.24) is 0 Å². The van der Waals surface area contributed by atoms with E-state index in [1.165, 1.54) is 24.2 Å². The molecule has 1 aromatic rings. The highest BCUT2D eigenvalue weighted by atomic mass is 32.2. The normalized spacial score (nSPS) is 10.7. The van der Waals surface area contributed by atoms with Crippen molar-refractivity contribution in [3.8, 4) is 0 Å². The van der Waals surface area contributed by atoms with E-state index in [0.717, 1.165) is 11.4 Å². The topological polar surface area (TPSA) is 29.1 Å². The zero-order valence-electron chi connectivity index (χ0n) is 11.5. The van der Waals surface area contributed by atoms with E-state index in [-0.39, 0.29) is 11.8 Å². The van der Waals surface area contributed by atoms with E-state index >= 15 is 0 Å². The lowest BCUT2D eigenvalue weighted by Gasteiger charge is -2.09. The second-order valence-corrected chi connectivity index (χ2v) is 5.90. The molecule has 1 amide bonds. The van der Waals surface area contributed by atoms with E-state index in [0.29, 0.717) is 0 Å². The van der Waals surface area contributed by atoms with Gasteiger partial charge >= 0.3 is 0 Å². The van der Waals surface area contributed by atoms with Crippen LogP contribution in [0, 0.1) is 5.92 Å². The summed E-state index contributed by atoms with van der Waals surface area (Å²) in [6.45, 7) is 6.02. The molecule has 0 radical (unpaired) electrons. The number of amides is 1. The first-order valence-corrected chi connectivity index (χ1v) is 7.65. The van der Waals surface area contributed by atoms with Gasteiger partial charge < -0.3 is 5.32 Å². The van der Waals surface area contributed by atoms with Gasteiger partial charge in [-0.05, 0) is 30.4 Å². The maximum atomic E-state index is 11.6. The van der Waals surface area contributed by atoms with E-state index in [9.17, 15) is 4.79 Å². The van der Waals surface area contributed by atoms with Crippen LogP contribution < -0.4 is 5.32 Å². The van der Waals surface area contributed by atoms with Crippen molar-refractivity contribution in [1.29, 1.82) is 0 Å². The standard InChI is InChI=1S/C15H23NOS/c1-4-5-6-10-18-14-9-7-8-13(11-14)16-15(17)12(2)3/h7-9,11-12H,4-6,10H2,1-3H3,(H,16,17). The van der Waals surface area contributed by atoms with Crippen LogP contribution in [0.2, 0.25) is 0 Å². The molecule has 0 aliphatic rings.